The molecule has 0 spiro atoms. The monoisotopic (exact) mass is 159 g/mol. The summed E-state index contributed by atoms with van der Waals surface area (Å²) in [5, 5.41) is 8.84. The van der Waals surface area contributed by atoms with Gasteiger partial charge in [0.2, 0.25) is 0 Å². The van der Waals surface area contributed by atoms with Crippen molar-refractivity contribution >= 4 is 0 Å². The van der Waals surface area contributed by atoms with Gasteiger partial charge in [0.25, 0.3) is 0 Å². The molecule has 0 aliphatic rings. The topological polar surface area (TPSA) is 23.8 Å². The minimum absolute atomic E-state index is 0.431. The van der Waals surface area contributed by atoms with E-state index < -0.39 is 0 Å². The molecule has 1 aromatic rings. The van der Waals surface area contributed by atoms with Crippen molar-refractivity contribution in [2.45, 2.75) is 26.7 Å². The molecule has 0 bridgehead atoms. The standard InChI is InChI=1S/C11H13N/c1-8(2)11-5-4-9(3)6-10(11)7-12/h4-6,8H,1-3H3. The Bertz CT molecular complexity index is 318. The van der Waals surface area contributed by atoms with Crippen LogP contribution in [0.4, 0.5) is 0 Å². The van der Waals surface area contributed by atoms with Crippen LogP contribution in [0.15, 0.2) is 18.2 Å². The first-order valence-electron chi connectivity index (χ1n) is 4.16. The van der Waals surface area contributed by atoms with Gasteiger partial charge in [-0.1, -0.05) is 26.0 Å². The van der Waals surface area contributed by atoms with Crippen molar-refractivity contribution in [2.24, 2.45) is 0 Å². The lowest BCUT2D eigenvalue weighted by molar-refractivity contribution is 0.862. The van der Waals surface area contributed by atoms with Crippen molar-refractivity contribution in [2.75, 3.05) is 0 Å². The highest BCUT2D eigenvalue weighted by Gasteiger charge is 2.04. The third-order valence-corrected chi connectivity index (χ3v) is 1.95. The summed E-state index contributed by atoms with van der Waals surface area (Å²) in [4.78, 5) is 0. The summed E-state index contributed by atoms with van der Waals surface area (Å²) in [6, 6.07) is 8.25. The molecule has 12 heavy (non-hydrogen) atoms. The summed E-state index contributed by atoms with van der Waals surface area (Å²) in [5.41, 5.74) is 3.10. The number of benzene rings is 1. The van der Waals surface area contributed by atoms with E-state index in [-0.39, 0.29) is 0 Å². The summed E-state index contributed by atoms with van der Waals surface area (Å²) in [6.07, 6.45) is 0. The summed E-state index contributed by atoms with van der Waals surface area (Å²) in [6.45, 7) is 6.21. The molecule has 62 valence electrons. The number of hydrogen-bond acceptors (Lipinski definition) is 1. The molecule has 0 aliphatic carbocycles. The Hall–Kier alpha value is -1.29. The molecule has 0 radical (unpaired) electrons. The van der Waals surface area contributed by atoms with E-state index in [2.05, 4.69) is 26.0 Å². The molecule has 0 unspecified atom stereocenters. The van der Waals surface area contributed by atoms with Crippen molar-refractivity contribution < 1.29 is 0 Å². The van der Waals surface area contributed by atoms with Gasteiger partial charge in [-0.25, -0.2) is 0 Å². The van der Waals surface area contributed by atoms with Crippen molar-refractivity contribution in [3.05, 3.63) is 34.9 Å². The van der Waals surface area contributed by atoms with Crippen molar-refractivity contribution in [3.8, 4) is 6.07 Å². The van der Waals surface area contributed by atoms with Gasteiger partial charge in [0.05, 0.1) is 11.6 Å². The Morgan fingerprint density at radius 2 is 2.00 bits per heavy atom. The average Bonchev–Trinajstić information content (AvgIpc) is 2.03. The van der Waals surface area contributed by atoms with Gasteiger partial charge in [-0.2, -0.15) is 5.26 Å². The van der Waals surface area contributed by atoms with E-state index in [0.29, 0.717) is 5.92 Å². The second-order valence-corrected chi connectivity index (χ2v) is 3.36. The molecule has 1 rings (SSSR count). The first kappa shape index (κ1) is 8.80. The molecule has 1 heteroatoms. The predicted molar refractivity (Wildman–Crippen MR) is 50.0 cm³/mol. The maximum atomic E-state index is 8.84. The van der Waals surface area contributed by atoms with Gasteiger partial charge in [-0.05, 0) is 30.0 Å². The van der Waals surface area contributed by atoms with Gasteiger partial charge < -0.3 is 0 Å². The highest BCUT2D eigenvalue weighted by molar-refractivity contribution is 5.41. The van der Waals surface area contributed by atoms with Crippen LogP contribution in [0.25, 0.3) is 0 Å². The minimum Gasteiger partial charge on any atom is -0.192 e. The highest BCUT2D eigenvalue weighted by atomic mass is 14.2. The van der Waals surface area contributed by atoms with E-state index in [1.54, 1.807) is 0 Å². The zero-order valence-corrected chi connectivity index (χ0v) is 7.76. The van der Waals surface area contributed by atoms with Crippen LogP contribution >= 0.6 is 0 Å². The smallest absolute Gasteiger partial charge is 0.0994 e. The summed E-state index contributed by atoms with van der Waals surface area (Å²) in [7, 11) is 0. The number of aryl methyl sites for hydroxylation is 1. The average molecular weight is 159 g/mol. The van der Waals surface area contributed by atoms with Gasteiger partial charge in [-0.15, -0.1) is 0 Å². The van der Waals surface area contributed by atoms with Gasteiger partial charge in [-0.3, -0.25) is 0 Å². The molecule has 0 fully saturated rings. The van der Waals surface area contributed by atoms with Crippen LogP contribution in [0.1, 0.15) is 36.5 Å². The second-order valence-electron chi connectivity index (χ2n) is 3.36. The normalized spacial score (nSPS) is 9.92. The van der Waals surface area contributed by atoms with Gasteiger partial charge in [0.1, 0.15) is 0 Å². The fourth-order valence-corrected chi connectivity index (χ4v) is 1.27. The lowest BCUT2D eigenvalue weighted by atomic mass is 9.96. The fraction of sp³-hybridized carbons (Fsp3) is 0.364. The maximum Gasteiger partial charge on any atom is 0.0994 e. The number of hydrogen-bond donors (Lipinski definition) is 0. The number of nitriles is 1. The second kappa shape index (κ2) is 3.40. The summed E-state index contributed by atoms with van der Waals surface area (Å²) in [5.74, 6) is 0.431. The molecule has 0 heterocycles. The molecule has 0 N–H and O–H groups in total. The van der Waals surface area contributed by atoms with Crippen molar-refractivity contribution in [1.29, 1.82) is 5.26 Å². The van der Waals surface area contributed by atoms with Crippen LogP contribution < -0.4 is 0 Å². The Kier molecular flexibility index (Phi) is 2.50. The first-order chi connectivity index (χ1) is 5.65. The van der Waals surface area contributed by atoms with Gasteiger partial charge in [0.15, 0.2) is 0 Å². The van der Waals surface area contributed by atoms with Crippen molar-refractivity contribution in [1.82, 2.24) is 0 Å². The van der Waals surface area contributed by atoms with Gasteiger partial charge >= 0.3 is 0 Å². The van der Waals surface area contributed by atoms with E-state index >= 15 is 0 Å². The quantitative estimate of drug-likeness (QED) is 0.618. The van der Waals surface area contributed by atoms with Crippen LogP contribution in [0.3, 0.4) is 0 Å². The zero-order valence-electron chi connectivity index (χ0n) is 7.76. The minimum atomic E-state index is 0.431. The third-order valence-electron chi connectivity index (χ3n) is 1.95. The van der Waals surface area contributed by atoms with Crippen LogP contribution in [-0.2, 0) is 0 Å². The molecule has 0 saturated heterocycles. The van der Waals surface area contributed by atoms with Crippen LogP contribution in [0.2, 0.25) is 0 Å². The fourth-order valence-electron chi connectivity index (χ4n) is 1.27. The number of rotatable bonds is 1. The molecule has 0 aliphatic heterocycles. The summed E-state index contributed by atoms with van der Waals surface area (Å²) >= 11 is 0. The molecule has 1 nitrogen and oxygen atoms in total. The van der Waals surface area contributed by atoms with Crippen LogP contribution in [0, 0.1) is 18.3 Å². The Morgan fingerprint density at radius 3 is 2.50 bits per heavy atom. The van der Waals surface area contributed by atoms with E-state index in [0.717, 1.165) is 16.7 Å². The first-order valence-corrected chi connectivity index (χ1v) is 4.16. The van der Waals surface area contributed by atoms with E-state index in [9.17, 15) is 0 Å². The van der Waals surface area contributed by atoms with E-state index in [1.165, 1.54) is 0 Å². The van der Waals surface area contributed by atoms with E-state index in [1.807, 2.05) is 19.1 Å². The Labute approximate surface area is 73.6 Å². The molecule has 1 aromatic carbocycles. The molecule has 0 amide bonds. The zero-order chi connectivity index (χ0) is 9.14. The Morgan fingerprint density at radius 1 is 1.33 bits per heavy atom. The predicted octanol–water partition coefficient (Wildman–Crippen LogP) is 2.99. The third kappa shape index (κ3) is 1.65. The van der Waals surface area contributed by atoms with Gasteiger partial charge in [0, 0.05) is 0 Å². The number of nitrogens with zero attached hydrogens (tertiary/aromatic N) is 1. The molecule has 0 saturated carbocycles. The molecule has 0 atom stereocenters. The summed E-state index contributed by atoms with van der Waals surface area (Å²) < 4.78 is 0. The highest BCUT2D eigenvalue weighted by Crippen LogP contribution is 2.19. The SMILES string of the molecule is Cc1ccc(C(C)C)c(C#N)c1. The molecule has 0 aromatic heterocycles. The van der Waals surface area contributed by atoms with Crippen molar-refractivity contribution in [3.63, 3.8) is 0 Å². The molecular weight excluding hydrogens is 146 g/mol. The van der Waals surface area contributed by atoms with E-state index in [4.69, 9.17) is 5.26 Å². The maximum absolute atomic E-state index is 8.84. The largest absolute Gasteiger partial charge is 0.192 e. The van der Waals surface area contributed by atoms with Crippen LogP contribution in [-0.4, -0.2) is 0 Å². The molecular formula is C11H13N. The van der Waals surface area contributed by atoms with Crippen LogP contribution in [0.5, 0.6) is 0 Å². The lowest BCUT2D eigenvalue weighted by Crippen LogP contribution is -1.92. The Balaban J connectivity index is 3.23. The lowest BCUT2D eigenvalue weighted by Gasteiger charge is -2.07.